The molecule has 0 radical (unpaired) electrons. The van der Waals surface area contributed by atoms with E-state index in [2.05, 4.69) is 0 Å². The summed E-state index contributed by atoms with van der Waals surface area (Å²) in [5.41, 5.74) is 0. The van der Waals surface area contributed by atoms with E-state index in [9.17, 15) is 0 Å². The number of phenolic OH excluding ortho intramolecular Hbond substituents is 1. The Morgan fingerprint density at radius 3 is 2.85 bits per heavy atom. The zero-order valence-corrected chi connectivity index (χ0v) is 7.60. The Kier molecular flexibility index (Phi) is 3.58. The standard InChI is InChI=1S/C10H14O3/c1-8(11)5-6-13-10-4-2-3-9(12)7-10/h2-4,7-8,11-12H,5-6H2,1H3. The molecule has 1 aromatic rings. The molecule has 2 N–H and O–H groups in total. The number of aliphatic hydroxyl groups is 1. The van der Waals surface area contributed by atoms with Crippen molar-refractivity contribution in [3.05, 3.63) is 24.3 Å². The second-order valence-electron chi connectivity index (χ2n) is 2.98. The maximum atomic E-state index is 9.09. The third kappa shape index (κ3) is 3.80. The van der Waals surface area contributed by atoms with Gasteiger partial charge in [0.05, 0.1) is 12.7 Å². The van der Waals surface area contributed by atoms with E-state index in [1.54, 1.807) is 31.2 Å². The highest BCUT2D eigenvalue weighted by Gasteiger charge is 1.97. The van der Waals surface area contributed by atoms with Crippen molar-refractivity contribution in [3.8, 4) is 11.5 Å². The third-order valence-corrected chi connectivity index (χ3v) is 1.62. The first-order valence-electron chi connectivity index (χ1n) is 4.28. The molecule has 3 nitrogen and oxygen atoms in total. The van der Waals surface area contributed by atoms with Gasteiger partial charge in [-0.15, -0.1) is 0 Å². The average molecular weight is 182 g/mol. The molecule has 1 aromatic carbocycles. The minimum Gasteiger partial charge on any atom is -0.508 e. The van der Waals surface area contributed by atoms with Crippen LogP contribution >= 0.6 is 0 Å². The van der Waals surface area contributed by atoms with Gasteiger partial charge >= 0.3 is 0 Å². The summed E-state index contributed by atoms with van der Waals surface area (Å²) in [6.45, 7) is 2.17. The number of aliphatic hydroxyl groups excluding tert-OH is 1. The first kappa shape index (κ1) is 9.86. The first-order valence-corrected chi connectivity index (χ1v) is 4.28. The van der Waals surface area contributed by atoms with Crippen LogP contribution in [-0.2, 0) is 0 Å². The largest absolute Gasteiger partial charge is 0.508 e. The molecule has 1 atom stereocenters. The van der Waals surface area contributed by atoms with Crippen LogP contribution in [0, 0.1) is 0 Å². The lowest BCUT2D eigenvalue weighted by molar-refractivity contribution is 0.155. The highest BCUT2D eigenvalue weighted by Crippen LogP contribution is 2.17. The summed E-state index contributed by atoms with van der Waals surface area (Å²) in [5.74, 6) is 0.815. The zero-order valence-electron chi connectivity index (χ0n) is 7.60. The molecule has 13 heavy (non-hydrogen) atoms. The summed E-state index contributed by atoms with van der Waals surface area (Å²) in [6.07, 6.45) is 0.243. The Morgan fingerprint density at radius 2 is 2.23 bits per heavy atom. The summed E-state index contributed by atoms with van der Waals surface area (Å²) in [6, 6.07) is 6.61. The first-order chi connectivity index (χ1) is 6.18. The maximum absolute atomic E-state index is 9.09. The predicted molar refractivity (Wildman–Crippen MR) is 49.9 cm³/mol. The van der Waals surface area contributed by atoms with Crippen LogP contribution in [-0.4, -0.2) is 22.9 Å². The van der Waals surface area contributed by atoms with Crippen molar-refractivity contribution in [1.82, 2.24) is 0 Å². The van der Waals surface area contributed by atoms with Crippen LogP contribution in [0.4, 0.5) is 0 Å². The van der Waals surface area contributed by atoms with Gasteiger partial charge in [0.1, 0.15) is 11.5 Å². The lowest BCUT2D eigenvalue weighted by Crippen LogP contribution is -2.07. The van der Waals surface area contributed by atoms with E-state index in [0.717, 1.165) is 0 Å². The quantitative estimate of drug-likeness (QED) is 0.742. The maximum Gasteiger partial charge on any atom is 0.122 e. The van der Waals surface area contributed by atoms with E-state index in [1.807, 2.05) is 0 Å². The molecule has 0 aliphatic heterocycles. The molecule has 0 saturated heterocycles. The molecular weight excluding hydrogens is 168 g/mol. The van der Waals surface area contributed by atoms with Crippen LogP contribution in [0.25, 0.3) is 0 Å². The minimum atomic E-state index is -0.350. The highest BCUT2D eigenvalue weighted by molar-refractivity contribution is 5.31. The van der Waals surface area contributed by atoms with Crippen LogP contribution in [0.1, 0.15) is 13.3 Å². The van der Waals surface area contributed by atoms with E-state index in [1.165, 1.54) is 0 Å². The fourth-order valence-corrected chi connectivity index (χ4v) is 0.921. The molecule has 0 heterocycles. The molecule has 1 rings (SSSR count). The van der Waals surface area contributed by atoms with Crippen molar-refractivity contribution >= 4 is 0 Å². The molecule has 0 aliphatic rings. The SMILES string of the molecule is CC(O)CCOc1cccc(O)c1. The van der Waals surface area contributed by atoms with E-state index in [4.69, 9.17) is 14.9 Å². The summed E-state index contributed by atoms with van der Waals surface area (Å²) >= 11 is 0. The van der Waals surface area contributed by atoms with Crippen LogP contribution in [0.2, 0.25) is 0 Å². The molecule has 0 spiro atoms. The number of ether oxygens (including phenoxy) is 1. The van der Waals surface area contributed by atoms with Gasteiger partial charge in [0.2, 0.25) is 0 Å². The highest BCUT2D eigenvalue weighted by atomic mass is 16.5. The van der Waals surface area contributed by atoms with Crippen molar-refractivity contribution < 1.29 is 14.9 Å². The van der Waals surface area contributed by atoms with E-state index in [-0.39, 0.29) is 11.9 Å². The predicted octanol–water partition coefficient (Wildman–Crippen LogP) is 1.54. The monoisotopic (exact) mass is 182 g/mol. The third-order valence-electron chi connectivity index (χ3n) is 1.62. The Morgan fingerprint density at radius 1 is 1.46 bits per heavy atom. The Bertz CT molecular complexity index is 258. The topological polar surface area (TPSA) is 49.7 Å². The van der Waals surface area contributed by atoms with Gasteiger partial charge in [0, 0.05) is 12.5 Å². The smallest absolute Gasteiger partial charge is 0.122 e. The molecule has 0 fully saturated rings. The van der Waals surface area contributed by atoms with Gasteiger partial charge < -0.3 is 14.9 Å². The molecule has 3 heteroatoms. The summed E-state index contributed by atoms with van der Waals surface area (Å²) in [7, 11) is 0. The van der Waals surface area contributed by atoms with E-state index >= 15 is 0 Å². The lowest BCUT2D eigenvalue weighted by Gasteiger charge is -2.07. The molecule has 0 aromatic heterocycles. The summed E-state index contributed by atoms with van der Waals surface area (Å²) < 4.78 is 5.28. The molecule has 0 bridgehead atoms. The number of rotatable bonds is 4. The Balaban J connectivity index is 2.37. The van der Waals surface area contributed by atoms with Crippen molar-refractivity contribution in [2.45, 2.75) is 19.4 Å². The number of phenols is 1. The fourth-order valence-electron chi connectivity index (χ4n) is 0.921. The van der Waals surface area contributed by atoms with Crippen LogP contribution < -0.4 is 4.74 Å². The number of aromatic hydroxyl groups is 1. The van der Waals surface area contributed by atoms with Crippen LogP contribution in [0.3, 0.4) is 0 Å². The van der Waals surface area contributed by atoms with E-state index in [0.29, 0.717) is 18.8 Å². The summed E-state index contributed by atoms with van der Waals surface area (Å²) in [4.78, 5) is 0. The zero-order chi connectivity index (χ0) is 9.68. The van der Waals surface area contributed by atoms with Gasteiger partial charge in [-0.1, -0.05) is 6.07 Å². The fraction of sp³-hybridized carbons (Fsp3) is 0.400. The molecule has 1 unspecified atom stereocenters. The van der Waals surface area contributed by atoms with Gasteiger partial charge in [0.25, 0.3) is 0 Å². The minimum absolute atomic E-state index is 0.189. The lowest BCUT2D eigenvalue weighted by atomic mass is 10.3. The van der Waals surface area contributed by atoms with Gasteiger partial charge in [-0.3, -0.25) is 0 Å². The van der Waals surface area contributed by atoms with Gasteiger partial charge in [0.15, 0.2) is 0 Å². The Labute approximate surface area is 77.6 Å². The number of hydrogen-bond donors (Lipinski definition) is 2. The molecule has 0 aliphatic carbocycles. The molecule has 72 valence electrons. The number of hydrogen-bond acceptors (Lipinski definition) is 3. The van der Waals surface area contributed by atoms with Crippen molar-refractivity contribution in [2.24, 2.45) is 0 Å². The normalized spacial score (nSPS) is 12.5. The van der Waals surface area contributed by atoms with Gasteiger partial charge in [-0.25, -0.2) is 0 Å². The second-order valence-corrected chi connectivity index (χ2v) is 2.98. The Hall–Kier alpha value is -1.22. The van der Waals surface area contributed by atoms with Crippen molar-refractivity contribution in [3.63, 3.8) is 0 Å². The summed E-state index contributed by atoms with van der Waals surface area (Å²) in [5, 5.41) is 18.0. The number of benzene rings is 1. The van der Waals surface area contributed by atoms with Crippen molar-refractivity contribution in [1.29, 1.82) is 0 Å². The van der Waals surface area contributed by atoms with Crippen LogP contribution in [0.15, 0.2) is 24.3 Å². The molecule has 0 amide bonds. The van der Waals surface area contributed by atoms with Gasteiger partial charge in [-0.2, -0.15) is 0 Å². The average Bonchev–Trinajstić information content (AvgIpc) is 2.03. The molecular formula is C10H14O3. The van der Waals surface area contributed by atoms with Crippen molar-refractivity contribution in [2.75, 3.05) is 6.61 Å². The van der Waals surface area contributed by atoms with Gasteiger partial charge in [-0.05, 0) is 19.1 Å². The second kappa shape index (κ2) is 4.72. The van der Waals surface area contributed by atoms with Crippen LogP contribution in [0.5, 0.6) is 11.5 Å². The van der Waals surface area contributed by atoms with E-state index < -0.39 is 0 Å². The molecule has 0 saturated carbocycles.